The van der Waals surface area contributed by atoms with E-state index in [1.807, 2.05) is 0 Å². The topological polar surface area (TPSA) is 66.4 Å². The summed E-state index contributed by atoms with van der Waals surface area (Å²) in [5.41, 5.74) is -1.20. The van der Waals surface area contributed by atoms with Crippen LogP contribution in [0.2, 0.25) is 0 Å². The monoisotopic (exact) mass is 329 g/mol. The van der Waals surface area contributed by atoms with E-state index in [9.17, 15) is 19.1 Å². The average Bonchev–Trinajstić information content (AvgIpc) is 3.10. The minimum absolute atomic E-state index is 0.0639. The SMILES string of the molecule is CC(NC(=O)c1cc(F)cc(Br)c1)(C(=O)O)C1CC1. The zero-order chi connectivity index (χ0) is 14.2. The quantitative estimate of drug-likeness (QED) is 0.892. The fourth-order valence-corrected chi connectivity index (χ4v) is 2.45. The Morgan fingerprint density at radius 1 is 1.42 bits per heavy atom. The van der Waals surface area contributed by atoms with Crippen molar-refractivity contribution in [1.29, 1.82) is 0 Å². The summed E-state index contributed by atoms with van der Waals surface area (Å²) < 4.78 is 13.7. The van der Waals surface area contributed by atoms with Gasteiger partial charge in [-0.1, -0.05) is 15.9 Å². The first-order valence-corrected chi connectivity index (χ1v) is 6.64. The number of hydrogen-bond donors (Lipinski definition) is 2. The van der Waals surface area contributed by atoms with Crippen molar-refractivity contribution >= 4 is 27.8 Å². The Bertz CT molecular complexity index is 524. The molecule has 1 saturated carbocycles. The first-order chi connectivity index (χ1) is 8.83. The lowest BCUT2D eigenvalue weighted by molar-refractivity contribution is -0.144. The third-order valence-corrected chi connectivity index (χ3v) is 3.79. The van der Waals surface area contributed by atoms with Gasteiger partial charge in [0.1, 0.15) is 11.4 Å². The molecule has 2 N–H and O–H groups in total. The van der Waals surface area contributed by atoms with Crippen molar-refractivity contribution in [3.05, 3.63) is 34.1 Å². The van der Waals surface area contributed by atoms with Crippen molar-refractivity contribution in [2.24, 2.45) is 5.92 Å². The molecule has 19 heavy (non-hydrogen) atoms. The van der Waals surface area contributed by atoms with Crippen LogP contribution in [0.1, 0.15) is 30.1 Å². The number of carboxylic acids is 1. The smallest absolute Gasteiger partial charge is 0.329 e. The Labute approximate surface area is 118 Å². The zero-order valence-corrected chi connectivity index (χ0v) is 11.8. The molecule has 1 aromatic carbocycles. The summed E-state index contributed by atoms with van der Waals surface area (Å²) in [5, 5.41) is 11.7. The van der Waals surface area contributed by atoms with Crippen LogP contribution in [0.5, 0.6) is 0 Å². The second kappa shape index (κ2) is 4.92. The normalized spacial score (nSPS) is 17.6. The molecular formula is C13H13BrFNO3. The molecule has 0 spiro atoms. The number of hydrogen-bond acceptors (Lipinski definition) is 2. The summed E-state index contributed by atoms with van der Waals surface area (Å²) in [7, 11) is 0. The van der Waals surface area contributed by atoms with E-state index in [1.54, 1.807) is 0 Å². The molecule has 1 aliphatic rings. The van der Waals surface area contributed by atoms with Gasteiger partial charge in [0.2, 0.25) is 0 Å². The fourth-order valence-electron chi connectivity index (χ4n) is 1.98. The van der Waals surface area contributed by atoms with Crippen LogP contribution in [0.25, 0.3) is 0 Å². The minimum atomic E-state index is -1.30. The third kappa shape index (κ3) is 2.94. The Morgan fingerprint density at radius 2 is 2.05 bits per heavy atom. The maximum Gasteiger partial charge on any atom is 0.329 e. The van der Waals surface area contributed by atoms with Gasteiger partial charge in [0, 0.05) is 10.0 Å². The molecule has 102 valence electrons. The molecule has 0 aromatic heterocycles. The van der Waals surface area contributed by atoms with Gasteiger partial charge in [-0.25, -0.2) is 9.18 Å². The summed E-state index contributed by atoms with van der Waals surface area (Å²) in [5.74, 6) is -2.27. The number of nitrogens with one attached hydrogen (secondary N) is 1. The zero-order valence-electron chi connectivity index (χ0n) is 10.2. The van der Waals surface area contributed by atoms with Crippen molar-refractivity contribution in [3.63, 3.8) is 0 Å². The predicted molar refractivity (Wildman–Crippen MR) is 70.3 cm³/mol. The highest BCUT2D eigenvalue weighted by Crippen LogP contribution is 2.39. The Kier molecular flexibility index (Phi) is 3.62. The van der Waals surface area contributed by atoms with Gasteiger partial charge < -0.3 is 10.4 Å². The lowest BCUT2D eigenvalue weighted by Gasteiger charge is -2.26. The Balaban J connectivity index is 2.22. The van der Waals surface area contributed by atoms with E-state index in [0.29, 0.717) is 4.47 Å². The van der Waals surface area contributed by atoms with Crippen LogP contribution in [0, 0.1) is 11.7 Å². The van der Waals surface area contributed by atoms with Crippen LogP contribution < -0.4 is 5.32 Å². The highest BCUT2D eigenvalue weighted by atomic mass is 79.9. The number of carboxylic acid groups (broad SMARTS) is 1. The Morgan fingerprint density at radius 3 is 2.53 bits per heavy atom. The molecule has 1 fully saturated rings. The first-order valence-electron chi connectivity index (χ1n) is 5.85. The molecule has 1 aromatic rings. The van der Waals surface area contributed by atoms with Crippen molar-refractivity contribution in [2.45, 2.75) is 25.3 Å². The van der Waals surface area contributed by atoms with E-state index in [0.717, 1.165) is 18.9 Å². The van der Waals surface area contributed by atoms with Crippen LogP contribution in [0.15, 0.2) is 22.7 Å². The molecular weight excluding hydrogens is 317 g/mol. The summed E-state index contributed by atoms with van der Waals surface area (Å²) >= 11 is 3.09. The molecule has 0 bridgehead atoms. The summed E-state index contributed by atoms with van der Waals surface area (Å²) in [6.07, 6.45) is 1.55. The lowest BCUT2D eigenvalue weighted by Crippen LogP contribution is -2.54. The second-order valence-corrected chi connectivity index (χ2v) is 5.81. The molecule has 1 unspecified atom stereocenters. The maximum absolute atomic E-state index is 13.2. The van der Waals surface area contributed by atoms with Crippen LogP contribution in [-0.4, -0.2) is 22.5 Å². The molecule has 6 heteroatoms. The summed E-state index contributed by atoms with van der Waals surface area (Å²) in [6.45, 7) is 1.49. The summed E-state index contributed by atoms with van der Waals surface area (Å²) in [4.78, 5) is 23.3. The number of benzene rings is 1. The largest absolute Gasteiger partial charge is 0.480 e. The molecule has 0 aliphatic heterocycles. The molecule has 2 rings (SSSR count). The van der Waals surface area contributed by atoms with Gasteiger partial charge in [0.15, 0.2) is 0 Å². The molecule has 0 saturated heterocycles. The Hall–Kier alpha value is -1.43. The standard InChI is InChI=1S/C13H13BrFNO3/c1-13(12(18)19,8-2-3-8)16-11(17)7-4-9(14)6-10(15)5-7/h4-6,8H,2-3H2,1H3,(H,16,17)(H,18,19). The summed E-state index contributed by atoms with van der Waals surface area (Å²) in [6, 6.07) is 3.76. The number of rotatable bonds is 4. The highest BCUT2D eigenvalue weighted by Gasteiger charge is 2.48. The maximum atomic E-state index is 13.2. The second-order valence-electron chi connectivity index (χ2n) is 4.89. The van der Waals surface area contributed by atoms with Crippen LogP contribution >= 0.6 is 15.9 Å². The van der Waals surface area contributed by atoms with E-state index in [1.165, 1.54) is 19.1 Å². The third-order valence-electron chi connectivity index (χ3n) is 3.34. The molecule has 1 aliphatic carbocycles. The lowest BCUT2D eigenvalue weighted by atomic mass is 9.95. The number of carbonyl (C=O) groups excluding carboxylic acids is 1. The number of amides is 1. The van der Waals surface area contributed by atoms with E-state index >= 15 is 0 Å². The van der Waals surface area contributed by atoms with Gasteiger partial charge in [-0.15, -0.1) is 0 Å². The van der Waals surface area contributed by atoms with E-state index in [-0.39, 0.29) is 11.5 Å². The van der Waals surface area contributed by atoms with Gasteiger partial charge in [0.25, 0.3) is 5.91 Å². The number of carbonyl (C=O) groups is 2. The van der Waals surface area contributed by atoms with E-state index < -0.39 is 23.2 Å². The highest BCUT2D eigenvalue weighted by molar-refractivity contribution is 9.10. The molecule has 1 atom stereocenters. The molecule has 0 heterocycles. The average molecular weight is 330 g/mol. The number of aliphatic carboxylic acids is 1. The van der Waals surface area contributed by atoms with Gasteiger partial charge in [0.05, 0.1) is 0 Å². The van der Waals surface area contributed by atoms with Gasteiger partial charge in [-0.05, 0) is 43.9 Å². The molecule has 0 radical (unpaired) electrons. The number of halogens is 2. The van der Waals surface area contributed by atoms with Crippen molar-refractivity contribution in [2.75, 3.05) is 0 Å². The predicted octanol–water partition coefficient (Wildman–Crippen LogP) is 2.57. The minimum Gasteiger partial charge on any atom is -0.480 e. The first kappa shape index (κ1) is 14.0. The van der Waals surface area contributed by atoms with E-state index in [4.69, 9.17) is 0 Å². The molecule has 4 nitrogen and oxygen atoms in total. The van der Waals surface area contributed by atoms with Gasteiger partial charge >= 0.3 is 5.97 Å². The fraction of sp³-hybridized carbons (Fsp3) is 0.385. The van der Waals surface area contributed by atoms with Crippen molar-refractivity contribution < 1.29 is 19.1 Å². The van der Waals surface area contributed by atoms with Crippen molar-refractivity contribution in [1.82, 2.24) is 5.32 Å². The van der Waals surface area contributed by atoms with Gasteiger partial charge in [-0.3, -0.25) is 4.79 Å². The van der Waals surface area contributed by atoms with E-state index in [2.05, 4.69) is 21.2 Å². The molecule has 1 amide bonds. The van der Waals surface area contributed by atoms with Crippen LogP contribution in [-0.2, 0) is 4.79 Å². The van der Waals surface area contributed by atoms with Gasteiger partial charge in [-0.2, -0.15) is 0 Å². The van der Waals surface area contributed by atoms with Crippen molar-refractivity contribution in [3.8, 4) is 0 Å². The van der Waals surface area contributed by atoms with Crippen LogP contribution in [0.3, 0.4) is 0 Å². The van der Waals surface area contributed by atoms with Crippen LogP contribution in [0.4, 0.5) is 4.39 Å².